The van der Waals surface area contributed by atoms with Gasteiger partial charge >= 0.3 is 0 Å². The Bertz CT molecular complexity index is 631. The van der Waals surface area contributed by atoms with Gasteiger partial charge < -0.3 is 18.9 Å². The van der Waals surface area contributed by atoms with Crippen LogP contribution in [0.15, 0.2) is 28.8 Å². The first kappa shape index (κ1) is 13.7. The number of nitrogens with zero attached hydrogens (tertiary/aromatic N) is 3. The third-order valence-corrected chi connectivity index (χ3v) is 4.22. The number of hydrogen-bond acceptors (Lipinski definition) is 6. The van der Waals surface area contributed by atoms with Crippen LogP contribution in [0.4, 0.5) is 5.69 Å². The Morgan fingerprint density at radius 3 is 2.73 bits per heavy atom. The Labute approximate surface area is 129 Å². The van der Waals surface area contributed by atoms with E-state index in [1.165, 1.54) is 0 Å². The minimum Gasteiger partial charge on any atom is -0.381 e. The van der Waals surface area contributed by atoms with Gasteiger partial charge in [0.1, 0.15) is 0 Å². The molecule has 0 bridgehead atoms. The standard InChI is InChI=1S/C16H19N3O3/c1-2-4-14(19-6-9-20-10-7-19)13(3-1)16-17-15(18-22-16)12-5-8-21-11-12/h1-4,12H,5-11H2. The molecule has 4 rings (SSSR count). The van der Waals surface area contributed by atoms with Gasteiger partial charge in [0.25, 0.3) is 5.89 Å². The van der Waals surface area contributed by atoms with E-state index in [4.69, 9.17) is 14.0 Å². The van der Waals surface area contributed by atoms with Crippen molar-refractivity contribution in [3.05, 3.63) is 30.1 Å². The van der Waals surface area contributed by atoms with Crippen LogP contribution < -0.4 is 4.90 Å². The molecule has 2 aliphatic rings. The van der Waals surface area contributed by atoms with Crippen molar-refractivity contribution in [3.8, 4) is 11.5 Å². The topological polar surface area (TPSA) is 60.6 Å². The van der Waals surface area contributed by atoms with E-state index in [2.05, 4.69) is 21.1 Å². The highest BCUT2D eigenvalue weighted by molar-refractivity contribution is 5.73. The first-order valence-corrected chi connectivity index (χ1v) is 7.75. The van der Waals surface area contributed by atoms with Crippen molar-refractivity contribution in [2.75, 3.05) is 44.4 Å². The molecule has 0 radical (unpaired) electrons. The summed E-state index contributed by atoms with van der Waals surface area (Å²) >= 11 is 0. The summed E-state index contributed by atoms with van der Waals surface area (Å²) < 4.78 is 16.4. The lowest BCUT2D eigenvalue weighted by Gasteiger charge is -2.29. The molecule has 0 aliphatic carbocycles. The van der Waals surface area contributed by atoms with Crippen molar-refractivity contribution in [3.63, 3.8) is 0 Å². The van der Waals surface area contributed by atoms with Crippen LogP contribution in [0, 0.1) is 0 Å². The van der Waals surface area contributed by atoms with Crippen LogP contribution in [0.3, 0.4) is 0 Å². The summed E-state index contributed by atoms with van der Waals surface area (Å²) in [6.07, 6.45) is 0.962. The molecule has 2 aromatic rings. The summed E-state index contributed by atoms with van der Waals surface area (Å²) in [7, 11) is 0. The first-order chi connectivity index (χ1) is 10.9. The van der Waals surface area contributed by atoms with E-state index in [9.17, 15) is 0 Å². The van der Waals surface area contributed by atoms with Gasteiger partial charge in [0.15, 0.2) is 5.82 Å². The average Bonchev–Trinajstić information content (AvgIpc) is 3.27. The lowest BCUT2D eigenvalue weighted by atomic mass is 10.1. The van der Waals surface area contributed by atoms with E-state index in [1.807, 2.05) is 18.2 Å². The largest absolute Gasteiger partial charge is 0.381 e. The molecule has 0 spiro atoms. The highest BCUT2D eigenvalue weighted by atomic mass is 16.5. The molecule has 6 nitrogen and oxygen atoms in total. The molecular weight excluding hydrogens is 282 g/mol. The van der Waals surface area contributed by atoms with Crippen molar-refractivity contribution in [1.29, 1.82) is 0 Å². The van der Waals surface area contributed by atoms with Crippen LogP contribution >= 0.6 is 0 Å². The van der Waals surface area contributed by atoms with E-state index < -0.39 is 0 Å². The highest BCUT2D eigenvalue weighted by Gasteiger charge is 2.25. The Kier molecular flexibility index (Phi) is 3.78. The Hall–Kier alpha value is -1.92. The normalized spacial score (nSPS) is 22.2. The summed E-state index contributed by atoms with van der Waals surface area (Å²) in [5, 5.41) is 4.15. The second kappa shape index (κ2) is 6.06. The molecule has 2 aliphatic heterocycles. The van der Waals surface area contributed by atoms with E-state index in [1.54, 1.807) is 0 Å². The lowest BCUT2D eigenvalue weighted by Crippen LogP contribution is -2.36. The molecule has 1 unspecified atom stereocenters. The summed E-state index contributed by atoms with van der Waals surface area (Å²) in [6, 6.07) is 8.18. The zero-order valence-corrected chi connectivity index (χ0v) is 12.4. The molecular formula is C16H19N3O3. The van der Waals surface area contributed by atoms with Gasteiger partial charge in [-0.15, -0.1) is 0 Å². The molecule has 1 aromatic heterocycles. The van der Waals surface area contributed by atoms with Crippen molar-refractivity contribution in [2.45, 2.75) is 12.3 Å². The number of rotatable bonds is 3. The van der Waals surface area contributed by atoms with E-state index in [0.29, 0.717) is 12.5 Å². The van der Waals surface area contributed by atoms with Crippen LogP contribution in [0.1, 0.15) is 18.2 Å². The van der Waals surface area contributed by atoms with Gasteiger partial charge in [-0.25, -0.2) is 0 Å². The fourth-order valence-corrected chi connectivity index (χ4v) is 2.98. The first-order valence-electron chi connectivity index (χ1n) is 7.75. The zero-order valence-electron chi connectivity index (χ0n) is 12.4. The van der Waals surface area contributed by atoms with Crippen molar-refractivity contribution in [1.82, 2.24) is 10.1 Å². The fourth-order valence-electron chi connectivity index (χ4n) is 2.98. The Balaban J connectivity index is 1.64. The monoisotopic (exact) mass is 301 g/mol. The smallest absolute Gasteiger partial charge is 0.260 e. The predicted octanol–water partition coefficient (Wildman–Crippen LogP) is 2.08. The quantitative estimate of drug-likeness (QED) is 0.865. The fraction of sp³-hybridized carbons (Fsp3) is 0.500. The molecule has 0 amide bonds. The zero-order chi connectivity index (χ0) is 14.8. The van der Waals surface area contributed by atoms with Gasteiger partial charge in [-0.05, 0) is 18.6 Å². The molecule has 1 atom stereocenters. The Morgan fingerprint density at radius 2 is 1.91 bits per heavy atom. The molecule has 3 heterocycles. The molecule has 0 N–H and O–H groups in total. The highest BCUT2D eigenvalue weighted by Crippen LogP contribution is 2.32. The minimum absolute atomic E-state index is 0.257. The molecule has 1 aromatic carbocycles. The summed E-state index contributed by atoms with van der Waals surface area (Å²) in [5.41, 5.74) is 2.12. The third kappa shape index (κ3) is 2.60. The van der Waals surface area contributed by atoms with Gasteiger partial charge in [0.2, 0.25) is 0 Å². The number of para-hydroxylation sites is 1. The van der Waals surface area contributed by atoms with Gasteiger partial charge in [-0.2, -0.15) is 4.98 Å². The summed E-state index contributed by atoms with van der Waals surface area (Å²) in [6.45, 7) is 4.73. The van der Waals surface area contributed by atoms with E-state index in [-0.39, 0.29) is 5.92 Å². The van der Waals surface area contributed by atoms with Crippen molar-refractivity contribution in [2.24, 2.45) is 0 Å². The van der Waals surface area contributed by atoms with Crippen LogP contribution in [-0.2, 0) is 9.47 Å². The summed E-state index contributed by atoms with van der Waals surface area (Å²) in [4.78, 5) is 6.91. The third-order valence-electron chi connectivity index (χ3n) is 4.22. The van der Waals surface area contributed by atoms with Crippen molar-refractivity contribution >= 4 is 5.69 Å². The van der Waals surface area contributed by atoms with E-state index in [0.717, 1.165) is 56.4 Å². The summed E-state index contributed by atoms with van der Waals surface area (Å²) in [5.74, 6) is 1.60. The number of morpholine rings is 1. The molecule has 116 valence electrons. The molecule has 2 fully saturated rings. The van der Waals surface area contributed by atoms with Gasteiger partial charge in [-0.1, -0.05) is 17.3 Å². The average molecular weight is 301 g/mol. The van der Waals surface area contributed by atoms with Crippen LogP contribution in [0.5, 0.6) is 0 Å². The number of anilines is 1. The molecule has 6 heteroatoms. The number of ether oxygens (including phenoxy) is 2. The lowest BCUT2D eigenvalue weighted by molar-refractivity contribution is 0.122. The van der Waals surface area contributed by atoms with Gasteiger partial charge in [0.05, 0.1) is 25.4 Å². The van der Waals surface area contributed by atoms with Crippen molar-refractivity contribution < 1.29 is 14.0 Å². The number of aromatic nitrogens is 2. The predicted molar refractivity (Wildman–Crippen MR) is 80.9 cm³/mol. The number of hydrogen-bond donors (Lipinski definition) is 0. The van der Waals surface area contributed by atoms with Crippen LogP contribution in [0.25, 0.3) is 11.5 Å². The molecule has 0 saturated carbocycles. The molecule has 22 heavy (non-hydrogen) atoms. The minimum atomic E-state index is 0.257. The maximum absolute atomic E-state index is 5.52. The second-order valence-electron chi connectivity index (χ2n) is 5.63. The maximum Gasteiger partial charge on any atom is 0.260 e. The van der Waals surface area contributed by atoms with Gasteiger partial charge in [0, 0.05) is 31.3 Å². The Morgan fingerprint density at radius 1 is 1.05 bits per heavy atom. The maximum atomic E-state index is 5.52. The SMILES string of the molecule is c1ccc(N2CCOCC2)c(-c2nc(C3CCOC3)no2)c1. The van der Waals surface area contributed by atoms with Crippen LogP contribution in [-0.4, -0.2) is 49.7 Å². The number of benzene rings is 1. The van der Waals surface area contributed by atoms with Crippen LogP contribution in [0.2, 0.25) is 0 Å². The second-order valence-corrected chi connectivity index (χ2v) is 5.63. The van der Waals surface area contributed by atoms with Gasteiger partial charge in [-0.3, -0.25) is 0 Å². The van der Waals surface area contributed by atoms with E-state index >= 15 is 0 Å². The molecule has 2 saturated heterocycles.